The maximum Gasteiger partial charge on any atom is 0.142 e. The fourth-order valence-electron chi connectivity index (χ4n) is 2.76. The van der Waals surface area contributed by atoms with Gasteiger partial charge in [0.05, 0.1) is 24.6 Å². The predicted octanol–water partition coefficient (Wildman–Crippen LogP) is 4.19. The van der Waals surface area contributed by atoms with Crippen LogP contribution in [0.4, 0.5) is 11.4 Å². The van der Waals surface area contributed by atoms with E-state index in [9.17, 15) is 0 Å². The molecule has 124 valence electrons. The van der Waals surface area contributed by atoms with Gasteiger partial charge in [-0.25, -0.2) is 0 Å². The highest BCUT2D eigenvalue weighted by molar-refractivity contribution is 5.58. The van der Waals surface area contributed by atoms with Gasteiger partial charge in [-0.15, -0.1) is 0 Å². The number of nitrogens with two attached hydrogens (primary N) is 2. The predicted molar refractivity (Wildman–Crippen MR) is 96.2 cm³/mol. The van der Waals surface area contributed by atoms with Crippen LogP contribution in [-0.2, 0) is 0 Å². The van der Waals surface area contributed by atoms with E-state index in [2.05, 4.69) is 19.1 Å². The van der Waals surface area contributed by atoms with Gasteiger partial charge in [0.2, 0.25) is 0 Å². The molecule has 0 unspecified atom stereocenters. The molecule has 4 N–H and O–H groups in total. The first-order chi connectivity index (χ1) is 11.1. The third-order valence-corrected chi connectivity index (χ3v) is 3.89. The molecule has 0 aliphatic rings. The molecule has 0 aliphatic carbocycles. The fraction of sp³-hybridized carbons (Fsp3) is 0.368. The summed E-state index contributed by atoms with van der Waals surface area (Å²) >= 11 is 0. The second-order valence-corrected chi connectivity index (χ2v) is 5.42. The minimum Gasteiger partial charge on any atom is -0.492 e. The van der Waals surface area contributed by atoms with Gasteiger partial charge in [-0.05, 0) is 55.7 Å². The number of ether oxygens (including phenoxy) is 2. The summed E-state index contributed by atoms with van der Waals surface area (Å²) in [6.45, 7) is 7.27. The Kier molecular flexibility index (Phi) is 5.74. The van der Waals surface area contributed by atoms with E-state index >= 15 is 0 Å². The highest BCUT2D eigenvalue weighted by Gasteiger charge is 2.16. The first kappa shape index (κ1) is 17.0. The van der Waals surface area contributed by atoms with Crippen LogP contribution in [0.2, 0.25) is 0 Å². The molecule has 0 amide bonds. The van der Waals surface area contributed by atoms with Gasteiger partial charge in [0.25, 0.3) is 0 Å². The maximum absolute atomic E-state index is 5.98. The number of hydrogen-bond donors (Lipinski definition) is 2. The fourth-order valence-corrected chi connectivity index (χ4v) is 2.76. The second-order valence-electron chi connectivity index (χ2n) is 5.42. The van der Waals surface area contributed by atoms with Crippen molar-refractivity contribution in [1.29, 1.82) is 0 Å². The van der Waals surface area contributed by atoms with E-state index in [1.165, 1.54) is 11.1 Å². The Morgan fingerprint density at radius 2 is 1.22 bits per heavy atom. The van der Waals surface area contributed by atoms with Crippen molar-refractivity contribution in [2.75, 3.05) is 24.7 Å². The molecule has 23 heavy (non-hydrogen) atoms. The lowest BCUT2D eigenvalue weighted by Gasteiger charge is -2.19. The largest absolute Gasteiger partial charge is 0.492 e. The summed E-state index contributed by atoms with van der Waals surface area (Å²) in [5.41, 5.74) is 15.6. The molecule has 0 aromatic heterocycles. The average molecular weight is 314 g/mol. The maximum atomic E-state index is 5.98. The summed E-state index contributed by atoms with van der Waals surface area (Å²) < 4.78 is 11.2. The third-order valence-electron chi connectivity index (χ3n) is 3.89. The van der Waals surface area contributed by atoms with Gasteiger partial charge in [-0.3, -0.25) is 0 Å². The van der Waals surface area contributed by atoms with Crippen molar-refractivity contribution in [3.05, 3.63) is 47.5 Å². The smallest absolute Gasteiger partial charge is 0.142 e. The molecule has 0 fully saturated rings. The quantitative estimate of drug-likeness (QED) is 0.752. The van der Waals surface area contributed by atoms with Crippen molar-refractivity contribution in [2.45, 2.75) is 33.1 Å². The van der Waals surface area contributed by atoms with Crippen molar-refractivity contribution in [2.24, 2.45) is 0 Å². The molecule has 4 heteroatoms. The minimum absolute atomic E-state index is 0.245. The molecular formula is C19H26N2O2. The molecule has 4 nitrogen and oxygen atoms in total. The highest BCUT2D eigenvalue weighted by Crippen LogP contribution is 2.35. The van der Waals surface area contributed by atoms with E-state index in [-0.39, 0.29) is 5.92 Å². The summed E-state index contributed by atoms with van der Waals surface area (Å²) in [7, 11) is 0. The van der Waals surface area contributed by atoms with Crippen LogP contribution in [0.5, 0.6) is 11.5 Å². The van der Waals surface area contributed by atoms with Crippen LogP contribution in [0.1, 0.15) is 44.2 Å². The molecule has 2 aromatic carbocycles. The van der Waals surface area contributed by atoms with Crippen molar-refractivity contribution in [1.82, 2.24) is 0 Å². The lowest BCUT2D eigenvalue weighted by molar-refractivity contribution is 0.341. The van der Waals surface area contributed by atoms with Crippen LogP contribution in [0, 0.1) is 0 Å². The average Bonchev–Trinajstić information content (AvgIpc) is 2.54. The zero-order valence-corrected chi connectivity index (χ0v) is 14.1. The van der Waals surface area contributed by atoms with Crippen LogP contribution < -0.4 is 20.9 Å². The van der Waals surface area contributed by atoms with E-state index in [1.807, 2.05) is 38.1 Å². The van der Waals surface area contributed by atoms with Gasteiger partial charge in [-0.1, -0.05) is 19.1 Å². The van der Waals surface area contributed by atoms with E-state index < -0.39 is 0 Å². The summed E-state index contributed by atoms with van der Waals surface area (Å²) in [5.74, 6) is 1.72. The molecule has 0 saturated carbocycles. The third kappa shape index (κ3) is 3.89. The SMILES string of the molecule is CCOc1cc(C(CC)c2ccc(N)c(OCC)c2)ccc1N. The van der Waals surface area contributed by atoms with Crippen LogP contribution in [0.15, 0.2) is 36.4 Å². The van der Waals surface area contributed by atoms with Gasteiger partial charge in [-0.2, -0.15) is 0 Å². The Morgan fingerprint density at radius 3 is 1.57 bits per heavy atom. The Bertz CT molecular complexity index is 600. The molecule has 2 rings (SSSR count). The molecule has 0 heterocycles. The summed E-state index contributed by atoms with van der Waals surface area (Å²) in [5, 5.41) is 0. The zero-order valence-electron chi connectivity index (χ0n) is 14.1. The molecule has 0 bridgehead atoms. The lowest BCUT2D eigenvalue weighted by Crippen LogP contribution is -2.04. The van der Waals surface area contributed by atoms with E-state index in [0.29, 0.717) is 24.6 Å². The van der Waals surface area contributed by atoms with Gasteiger partial charge in [0.15, 0.2) is 0 Å². The first-order valence-electron chi connectivity index (χ1n) is 8.15. The van der Waals surface area contributed by atoms with Gasteiger partial charge < -0.3 is 20.9 Å². The Balaban J connectivity index is 2.39. The van der Waals surface area contributed by atoms with Crippen LogP contribution in [0.3, 0.4) is 0 Å². The van der Waals surface area contributed by atoms with Crippen molar-refractivity contribution >= 4 is 11.4 Å². The number of rotatable bonds is 7. The second kappa shape index (κ2) is 7.77. The van der Waals surface area contributed by atoms with Crippen molar-refractivity contribution in [3.63, 3.8) is 0 Å². The number of benzene rings is 2. The number of anilines is 2. The topological polar surface area (TPSA) is 70.5 Å². The molecule has 0 spiro atoms. The molecule has 0 saturated heterocycles. The van der Waals surface area contributed by atoms with Gasteiger partial charge >= 0.3 is 0 Å². The van der Waals surface area contributed by atoms with E-state index in [4.69, 9.17) is 20.9 Å². The summed E-state index contributed by atoms with van der Waals surface area (Å²) in [6.07, 6.45) is 0.963. The van der Waals surface area contributed by atoms with Crippen molar-refractivity contribution in [3.8, 4) is 11.5 Å². The van der Waals surface area contributed by atoms with Crippen molar-refractivity contribution < 1.29 is 9.47 Å². The summed E-state index contributed by atoms with van der Waals surface area (Å²) in [6, 6.07) is 12.0. The monoisotopic (exact) mass is 314 g/mol. The molecule has 0 aliphatic heterocycles. The van der Waals surface area contributed by atoms with Crippen LogP contribution in [0.25, 0.3) is 0 Å². The zero-order chi connectivity index (χ0) is 16.8. The Morgan fingerprint density at radius 1 is 0.783 bits per heavy atom. The molecule has 2 aromatic rings. The Hall–Kier alpha value is -2.36. The number of hydrogen-bond acceptors (Lipinski definition) is 4. The summed E-state index contributed by atoms with van der Waals surface area (Å²) in [4.78, 5) is 0. The van der Waals surface area contributed by atoms with Gasteiger partial charge in [0, 0.05) is 5.92 Å². The van der Waals surface area contributed by atoms with E-state index in [1.54, 1.807) is 0 Å². The normalized spacial score (nSPS) is 10.8. The van der Waals surface area contributed by atoms with E-state index in [0.717, 1.165) is 17.9 Å². The van der Waals surface area contributed by atoms with Gasteiger partial charge in [0.1, 0.15) is 11.5 Å². The molecule has 0 atom stereocenters. The first-order valence-corrected chi connectivity index (χ1v) is 8.15. The standard InChI is InChI=1S/C19H26N2O2/c1-4-15(13-7-9-16(20)18(11-13)22-5-2)14-8-10-17(21)19(12-14)23-6-3/h7-12,15H,4-6,20-21H2,1-3H3. The molecular weight excluding hydrogens is 288 g/mol. The lowest BCUT2D eigenvalue weighted by atomic mass is 9.88. The van der Waals surface area contributed by atoms with Crippen LogP contribution in [-0.4, -0.2) is 13.2 Å². The Labute approximate surface area is 138 Å². The highest BCUT2D eigenvalue weighted by atomic mass is 16.5. The molecule has 0 radical (unpaired) electrons. The number of nitrogen functional groups attached to an aromatic ring is 2. The van der Waals surface area contributed by atoms with Crippen LogP contribution >= 0.6 is 0 Å². The minimum atomic E-state index is 0.245.